The van der Waals surface area contributed by atoms with E-state index < -0.39 is 0 Å². The second-order valence-electron chi connectivity index (χ2n) is 4.13. The Balaban J connectivity index is 2.23. The molecule has 1 aromatic heterocycles. The number of H-pyrrole nitrogens is 1. The third kappa shape index (κ3) is 2.36. The topological polar surface area (TPSA) is 57.8 Å². The molecule has 1 heterocycles. The maximum absolute atomic E-state index is 12.0. The number of amides is 1. The number of aryl methyl sites for hydroxylation is 3. The van der Waals surface area contributed by atoms with Crippen LogP contribution in [0.1, 0.15) is 27.3 Å². The SMILES string of the molecule is Cc1cccc(C(=O)Nc2c(C)n[nH]c2C)c1. The second-order valence-corrected chi connectivity index (χ2v) is 4.13. The lowest BCUT2D eigenvalue weighted by Gasteiger charge is -2.05. The first kappa shape index (κ1) is 11.4. The van der Waals surface area contributed by atoms with E-state index >= 15 is 0 Å². The number of nitrogens with zero attached hydrogens (tertiary/aromatic N) is 1. The minimum Gasteiger partial charge on any atom is -0.319 e. The van der Waals surface area contributed by atoms with Gasteiger partial charge in [0.25, 0.3) is 5.91 Å². The normalized spacial score (nSPS) is 10.3. The van der Waals surface area contributed by atoms with Gasteiger partial charge >= 0.3 is 0 Å². The molecule has 0 spiro atoms. The van der Waals surface area contributed by atoms with E-state index in [9.17, 15) is 4.79 Å². The molecule has 0 atom stereocenters. The molecular weight excluding hydrogens is 214 g/mol. The molecule has 2 N–H and O–H groups in total. The van der Waals surface area contributed by atoms with Crippen LogP contribution in [-0.4, -0.2) is 16.1 Å². The van der Waals surface area contributed by atoms with Crippen molar-refractivity contribution in [3.63, 3.8) is 0 Å². The maximum atomic E-state index is 12.0. The minimum absolute atomic E-state index is 0.110. The fourth-order valence-corrected chi connectivity index (χ4v) is 1.71. The zero-order chi connectivity index (χ0) is 12.4. The smallest absolute Gasteiger partial charge is 0.255 e. The highest BCUT2D eigenvalue weighted by Gasteiger charge is 2.11. The summed E-state index contributed by atoms with van der Waals surface area (Å²) in [5.74, 6) is -0.110. The van der Waals surface area contributed by atoms with E-state index in [-0.39, 0.29) is 5.91 Å². The van der Waals surface area contributed by atoms with Gasteiger partial charge < -0.3 is 5.32 Å². The van der Waals surface area contributed by atoms with Crippen molar-refractivity contribution in [3.05, 3.63) is 46.8 Å². The molecular formula is C13H15N3O. The Morgan fingerprint density at radius 3 is 2.65 bits per heavy atom. The largest absolute Gasteiger partial charge is 0.319 e. The van der Waals surface area contributed by atoms with Crippen molar-refractivity contribution < 1.29 is 4.79 Å². The van der Waals surface area contributed by atoms with Gasteiger partial charge in [0, 0.05) is 5.56 Å². The van der Waals surface area contributed by atoms with Gasteiger partial charge in [0.2, 0.25) is 0 Å². The van der Waals surface area contributed by atoms with Gasteiger partial charge in [-0.15, -0.1) is 0 Å². The number of hydrogen-bond acceptors (Lipinski definition) is 2. The standard InChI is InChI=1S/C13H15N3O/c1-8-5-4-6-11(7-8)13(17)14-12-9(2)15-16-10(12)3/h4-7H,1-3H3,(H,14,17)(H,15,16). The molecule has 2 aromatic rings. The van der Waals surface area contributed by atoms with Gasteiger partial charge in [-0.25, -0.2) is 0 Å². The summed E-state index contributed by atoms with van der Waals surface area (Å²) in [5.41, 5.74) is 4.15. The van der Waals surface area contributed by atoms with Crippen molar-refractivity contribution in [2.24, 2.45) is 0 Å². The predicted octanol–water partition coefficient (Wildman–Crippen LogP) is 2.59. The average Bonchev–Trinajstić information content (AvgIpc) is 2.61. The Morgan fingerprint density at radius 1 is 1.29 bits per heavy atom. The molecule has 4 heteroatoms. The summed E-state index contributed by atoms with van der Waals surface area (Å²) in [6.07, 6.45) is 0. The summed E-state index contributed by atoms with van der Waals surface area (Å²) in [7, 11) is 0. The van der Waals surface area contributed by atoms with Crippen LogP contribution in [0.2, 0.25) is 0 Å². The van der Waals surface area contributed by atoms with E-state index in [1.165, 1.54) is 0 Å². The number of hydrogen-bond donors (Lipinski definition) is 2. The Bertz CT molecular complexity index is 538. The lowest BCUT2D eigenvalue weighted by molar-refractivity contribution is 0.102. The van der Waals surface area contributed by atoms with Crippen molar-refractivity contribution in [2.75, 3.05) is 5.32 Å². The first-order chi connectivity index (χ1) is 8.08. The van der Waals surface area contributed by atoms with Crippen LogP contribution < -0.4 is 5.32 Å². The Morgan fingerprint density at radius 2 is 2.06 bits per heavy atom. The van der Waals surface area contributed by atoms with Gasteiger partial charge in [-0.05, 0) is 32.9 Å². The molecule has 0 saturated heterocycles. The first-order valence-electron chi connectivity index (χ1n) is 5.47. The molecule has 17 heavy (non-hydrogen) atoms. The molecule has 0 unspecified atom stereocenters. The van der Waals surface area contributed by atoms with Crippen LogP contribution in [0.4, 0.5) is 5.69 Å². The Hall–Kier alpha value is -2.10. The molecule has 0 saturated carbocycles. The highest BCUT2D eigenvalue weighted by molar-refractivity contribution is 6.04. The van der Waals surface area contributed by atoms with Gasteiger partial charge in [-0.2, -0.15) is 5.10 Å². The summed E-state index contributed by atoms with van der Waals surface area (Å²) < 4.78 is 0. The van der Waals surface area contributed by atoms with Crippen LogP contribution in [-0.2, 0) is 0 Å². The number of anilines is 1. The lowest BCUT2D eigenvalue weighted by atomic mass is 10.1. The number of carbonyl (C=O) groups is 1. The van der Waals surface area contributed by atoms with Crippen LogP contribution in [0.25, 0.3) is 0 Å². The maximum Gasteiger partial charge on any atom is 0.255 e. The Labute approximate surface area is 100 Å². The Kier molecular flexibility index (Phi) is 2.95. The van der Waals surface area contributed by atoms with Crippen molar-refractivity contribution >= 4 is 11.6 Å². The summed E-state index contributed by atoms with van der Waals surface area (Å²) in [4.78, 5) is 12.0. The van der Waals surface area contributed by atoms with Gasteiger partial charge in [-0.3, -0.25) is 9.89 Å². The zero-order valence-corrected chi connectivity index (χ0v) is 10.2. The lowest BCUT2D eigenvalue weighted by Crippen LogP contribution is -2.13. The summed E-state index contributed by atoms with van der Waals surface area (Å²) in [6.45, 7) is 5.70. The van der Waals surface area contributed by atoms with Crippen molar-refractivity contribution in [2.45, 2.75) is 20.8 Å². The van der Waals surface area contributed by atoms with E-state index in [4.69, 9.17) is 0 Å². The molecule has 0 aliphatic heterocycles. The minimum atomic E-state index is -0.110. The van der Waals surface area contributed by atoms with Crippen LogP contribution in [0.3, 0.4) is 0 Å². The molecule has 4 nitrogen and oxygen atoms in total. The quantitative estimate of drug-likeness (QED) is 0.831. The first-order valence-corrected chi connectivity index (χ1v) is 5.47. The fourth-order valence-electron chi connectivity index (χ4n) is 1.71. The van der Waals surface area contributed by atoms with E-state index in [0.717, 1.165) is 22.6 Å². The van der Waals surface area contributed by atoms with Crippen molar-refractivity contribution in [1.29, 1.82) is 0 Å². The fraction of sp³-hybridized carbons (Fsp3) is 0.231. The van der Waals surface area contributed by atoms with E-state index in [2.05, 4.69) is 15.5 Å². The third-order valence-electron chi connectivity index (χ3n) is 2.65. The molecule has 1 aromatic carbocycles. The summed E-state index contributed by atoms with van der Waals surface area (Å²) >= 11 is 0. The second kappa shape index (κ2) is 4.41. The van der Waals surface area contributed by atoms with Crippen molar-refractivity contribution in [3.8, 4) is 0 Å². The van der Waals surface area contributed by atoms with Crippen LogP contribution in [0.5, 0.6) is 0 Å². The monoisotopic (exact) mass is 229 g/mol. The highest BCUT2D eigenvalue weighted by atomic mass is 16.1. The van der Waals surface area contributed by atoms with Crippen LogP contribution in [0.15, 0.2) is 24.3 Å². The number of nitrogens with one attached hydrogen (secondary N) is 2. The summed E-state index contributed by atoms with van der Waals surface area (Å²) in [6, 6.07) is 7.50. The number of benzene rings is 1. The molecule has 1 amide bonds. The molecule has 2 rings (SSSR count). The molecule has 0 aliphatic carbocycles. The molecule has 0 aliphatic rings. The summed E-state index contributed by atoms with van der Waals surface area (Å²) in [5, 5.41) is 9.75. The van der Waals surface area contributed by atoms with Gasteiger partial charge in [0.05, 0.1) is 17.1 Å². The molecule has 0 radical (unpaired) electrons. The number of aromatic amines is 1. The third-order valence-corrected chi connectivity index (χ3v) is 2.65. The van der Waals surface area contributed by atoms with Crippen LogP contribution >= 0.6 is 0 Å². The van der Waals surface area contributed by atoms with Gasteiger partial charge in [0.15, 0.2) is 0 Å². The van der Waals surface area contributed by atoms with E-state index in [1.54, 1.807) is 6.07 Å². The highest BCUT2D eigenvalue weighted by Crippen LogP contribution is 2.17. The van der Waals surface area contributed by atoms with E-state index in [1.807, 2.05) is 39.0 Å². The zero-order valence-electron chi connectivity index (χ0n) is 10.2. The van der Waals surface area contributed by atoms with Crippen molar-refractivity contribution in [1.82, 2.24) is 10.2 Å². The predicted molar refractivity (Wildman–Crippen MR) is 67.2 cm³/mol. The number of aromatic nitrogens is 2. The van der Waals surface area contributed by atoms with Gasteiger partial charge in [-0.1, -0.05) is 17.7 Å². The molecule has 0 fully saturated rings. The average molecular weight is 229 g/mol. The molecule has 0 bridgehead atoms. The molecule has 88 valence electrons. The number of rotatable bonds is 2. The van der Waals surface area contributed by atoms with E-state index in [0.29, 0.717) is 5.56 Å². The van der Waals surface area contributed by atoms with Crippen LogP contribution in [0, 0.1) is 20.8 Å². The van der Waals surface area contributed by atoms with Gasteiger partial charge in [0.1, 0.15) is 0 Å². The number of carbonyl (C=O) groups excluding carboxylic acids is 1.